The van der Waals surface area contributed by atoms with Gasteiger partial charge in [-0.2, -0.15) is 0 Å². The Hall–Kier alpha value is -2.08. The third-order valence-electron chi connectivity index (χ3n) is 3.07. The second-order valence-corrected chi connectivity index (χ2v) is 6.24. The Labute approximate surface area is 117 Å². The summed E-state index contributed by atoms with van der Waals surface area (Å²) in [5, 5.41) is 0. The van der Waals surface area contributed by atoms with Crippen molar-refractivity contribution >= 4 is 21.4 Å². The average Bonchev–Trinajstić information content (AvgIpc) is 2.37. The number of anilines is 2. The highest BCUT2D eigenvalue weighted by atomic mass is 32.2. The Bertz CT molecular complexity index is 738. The Morgan fingerprint density at radius 3 is 2.40 bits per heavy atom. The predicted octanol–water partition coefficient (Wildman–Crippen LogP) is 2.83. The van der Waals surface area contributed by atoms with Crippen molar-refractivity contribution in [3.8, 4) is 0 Å². The summed E-state index contributed by atoms with van der Waals surface area (Å²) in [7, 11) is -3.87. The molecule has 0 spiro atoms. The van der Waals surface area contributed by atoms with Gasteiger partial charge in [0, 0.05) is 0 Å². The van der Waals surface area contributed by atoms with Gasteiger partial charge in [-0.05, 0) is 49.2 Å². The topological polar surface area (TPSA) is 72.2 Å². The van der Waals surface area contributed by atoms with Crippen LogP contribution in [0.25, 0.3) is 0 Å². The minimum Gasteiger partial charge on any atom is -0.397 e. The molecule has 20 heavy (non-hydrogen) atoms. The fourth-order valence-corrected chi connectivity index (χ4v) is 2.90. The summed E-state index contributed by atoms with van der Waals surface area (Å²) in [6.07, 6.45) is 0. The number of benzene rings is 2. The number of hydrogen-bond donors (Lipinski definition) is 2. The highest BCUT2D eigenvalue weighted by Gasteiger charge is 2.18. The molecule has 0 saturated carbocycles. The van der Waals surface area contributed by atoms with Crippen LogP contribution < -0.4 is 10.5 Å². The molecule has 0 radical (unpaired) electrons. The molecular formula is C14H15FN2O2S. The van der Waals surface area contributed by atoms with Gasteiger partial charge in [0.15, 0.2) is 0 Å². The second kappa shape index (κ2) is 5.13. The number of hydrogen-bond acceptors (Lipinski definition) is 3. The summed E-state index contributed by atoms with van der Waals surface area (Å²) >= 11 is 0. The minimum absolute atomic E-state index is 0.0393. The third-order valence-corrected chi connectivity index (χ3v) is 4.42. The minimum atomic E-state index is -3.87. The molecule has 0 fully saturated rings. The zero-order valence-electron chi connectivity index (χ0n) is 11.1. The summed E-state index contributed by atoms with van der Waals surface area (Å²) in [6, 6.07) is 8.71. The number of nitrogens with two attached hydrogens (primary N) is 1. The van der Waals surface area contributed by atoms with Gasteiger partial charge < -0.3 is 5.73 Å². The number of sulfonamides is 1. The van der Waals surface area contributed by atoms with Crippen LogP contribution in [-0.4, -0.2) is 8.42 Å². The lowest BCUT2D eigenvalue weighted by Gasteiger charge is -2.12. The molecule has 0 atom stereocenters. The summed E-state index contributed by atoms with van der Waals surface area (Å²) in [5.41, 5.74) is 7.23. The van der Waals surface area contributed by atoms with Crippen molar-refractivity contribution < 1.29 is 12.8 Å². The molecule has 0 bridgehead atoms. The monoisotopic (exact) mass is 294 g/mol. The van der Waals surface area contributed by atoms with Gasteiger partial charge in [-0.15, -0.1) is 0 Å². The summed E-state index contributed by atoms with van der Waals surface area (Å²) in [4.78, 5) is 0.0725. The van der Waals surface area contributed by atoms with Crippen LogP contribution in [0.3, 0.4) is 0 Å². The summed E-state index contributed by atoms with van der Waals surface area (Å²) in [6.45, 7) is 3.69. The molecule has 0 heterocycles. The molecule has 0 amide bonds. The van der Waals surface area contributed by atoms with Gasteiger partial charge >= 0.3 is 0 Å². The van der Waals surface area contributed by atoms with Crippen molar-refractivity contribution in [1.29, 1.82) is 0 Å². The van der Waals surface area contributed by atoms with Crippen molar-refractivity contribution in [2.45, 2.75) is 18.7 Å². The van der Waals surface area contributed by atoms with Crippen molar-refractivity contribution in [3.05, 3.63) is 53.3 Å². The van der Waals surface area contributed by atoms with E-state index in [0.29, 0.717) is 0 Å². The van der Waals surface area contributed by atoms with Gasteiger partial charge in [-0.3, -0.25) is 4.72 Å². The Morgan fingerprint density at radius 2 is 1.80 bits per heavy atom. The van der Waals surface area contributed by atoms with E-state index in [-0.39, 0.29) is 16.3 Å². The molecule has 2 aromatic rings. The number of nitrogen functional groups attached to an aromatic ring is 1. The zero-order valence-corrected chi connectivity index (χ0v) is 12.0. The van der Waals surface area contributed by atoms with Gasteiger partial charge in [0.1, 0.15) is 11.5 Å². The number of rotatable bonds is 3. The first kappa shape index (κ1) is 14.3. The van der Waals surface area contributed by atoms with Crippen LogP contribution in [0.4, 0.5) is 15.8 Å². The standard InChI is InChI=1S/C14H15FN2O2S/c1-9-6-7-11(8-10(9)2)20(18,19)17-14-12(15)4-3-5-13(14)16/h3-8,17H,16H2,1-2H3. The van der Waals surface area contributed by atoms with Crippen LogP contribution in [-0.2, 0) is 10.0 Å². The molecule has 0 aliphatic carbocycles. The third kappa shape index (κ3) is 2.75. The smallest absolute Gasteiger partial charge is 0.262 e. The molecule has 0 saturated heterocycles. The predicted molar refractivity (Wildman–Crippen MR) is 77.5 cm³/mol. The normalized spacial score (nSPS) is 11.3. The molecule has 0 aliphatic heterocycles. The summed E-state index contributed by atoms with van der Waals surface area (Å²) in [5.74, 6) is -0.711. The van der Waals surface area contributed by atoms with E-state index in [4.69, 9.17) is 5.73 Å². The first-order chi connectivity index (χ1) is 9.31. The van der Waals surface area contributed by atoms with E-state index < -0.39 is 15.8 Å². The molecule has 2 rings (SSSR count). The number of halogens is 1. The van der Waals surface area contributed by atoms with Crippen LogP contribution in [0.1, 0.15) is 11.1 Å². The maximum Gasteiger partial charge on any atom is 0.262 e. The van der Waals surface area contributed by atoms with E-state index in [0.717, 1.165) is 17.2 Å². The van der Waals surface area contributed by atoms with Crippen molar-refractivity contribution in [1.82, 2.24) is 0 Å². The maximum atomic E-state index is 13.6. The lowest BCUT2D eigenvalue weighted by Crippen LogP contribution is -2.15. The number of para-hydroxylation sites is 1. The van der Waals surface area contributed by atoms with Crippen molar-refractivity contribution in [3.63, 3.8) is 0 Å². The molecule has 3 N–H and O–H groups in total. The Morgan fingerprint density at radius 1 is 1.10 bits per heavy atom. The van der Waals surface area contributed by atoms with Gasteiger partial charge in [0.25, 0.3) is 10.0 Å². The molecule has 4 nitrogen and oxygen atoms in total. The molecule has 0 unspecified atom stereocenters. The molecule has 0 aliphatic rings. The number of nitrogens with one attached hydrogen (secondary N) is 1. The van der Waals surface area contributed by atoms with E-state index in [1.165, 1.54) is 24.3 Å². The fraction of sp³-hybridized carbons (Fsp3) is 0.143. The highest BCUT2D eigenvalue weighted by Crippen LogP contribution is 2.25. The maximum absolute atomic E-state index is 13.6. The van der Waals surface area contributed by atoms with Crippen molar-refractivity contribution in [2.24, 2.45) is 0 Å². The molecule has 2 aromatic carbocycles. The van der Waals surface area contributed by atoms with Crippen molar-refractivity contribution in [2.75, 3.05) is 10.5 Å². The zero-order chi connectivity index (χ0) is 14.9. The van der Waals surface area contributed by atoms with Gasteiger partial charge in [0.05, 0.1) is 10.6 Å². The van der Waals surface area contributed by atoms with Gasteiger partial charge in [0.2, 0.25) is 0 Å². The van der Waals surface area contributed by atoms with E-state index >= 15 is 0 Å². The molecular weight excluding hydrogens is 279 g/mol. The first-order valence-corrected chi connectivity index (χ1v) is 7.43. The second-order valence-electron chi connectivity index (χ2n) is 4.56. The largest absolute Gasteiger partial charge is 0.397 e. The van der Waals surface area contributed by atoms with E-state index in [2.05, 4.69) is 4.72 Å². The lowest BCUT2D eigenvalue weighted by atomic mass is 10.1. The average molecular weight is 294 g/mol. The SMILES string of the molecule is Cc1ccc(S(=O)(=O)Nc2c(N)cccc2F)cc1C. The van der Waals surface area contributed by atoms with Gasteiger partial charge in [-0.25, -0.2) is 12.8 Å². The molecule has 6 heteroatoms. The van der Waals surface area contributed by atoms with Crippen LogP contribution in [0.15, 0.2) is 41.3 Å². The quantitative estimate of drug-likeness (QED) is 0.855. The molecule has 106 valence electrons. The van der Waals surface area contributed by atoms with Crippen LogP contribution in [0.5, 0.6) is 0 Å². The van der Waals surface area contributed by atoms with E-state index in [1.807, 2.05) is 13.8 Å². The Kier molecular flexibility index (Phi) is 3.67. The molecule has 0 aromatic heterocycles. The Balaban J connectivity index is 2.43. The fourth-order valence-electron chi connectivity index (χ4n) is 1.72. The lowest BCUT2D eigenvalue weighted by molar-refractivity contribution is 0.598. The van der Waals surface area contributed by atoms with E-state index in [9.17, 15) is 12.8 Å². The van der Waals surface area contributed by atoms with Crippen LogP contribution >= 0.6 is 0 Å². The van der Waals surface area contributed by atoms with Gasteiger partial charge in [-0.1, -0.05) is 12.1 Å². The number of aryl methyl sites for hydroxylation is 2. The highest BCUT2D eigenvalue weighted by molar-refractivity contribution is 7.92. The van der Waals surface area contributed by atoms with E-state index in [1.54, 1.807) is 6.07 Å². The van der Waals surface area contributed by atoms with Crippen LogP contribution in [0, 0.1) is 19.7 Å². The first-order valence-electron chi connectivity index (χ1n) is 5.95. The summed E-state index contributed by atoms with van der Waals surface area (Å²) < 4.78 is 40.3. The van der Waals surface area contributed by atoms with Crippen LogP contribution in [0.2, 0.25) is 0 Å².